The molecule has 0 aliphatic rings. The zero-order valence-electron chi connectivity index (χ0n) is 14.9. The molecule has 23 heavy (non-hydrogen) atoms. The summed E-state index contributed by atoms with van der Waals surface area (Å²) in [7, 11) is 0. The van der Waals surface area contributed by atoms with Gasteiger partial charge in [-0.05, 0) is 25.3 Å². The van der Waals surface area contributed by atoms with Crippen molar-refractivity contribution in [3.05, 3.63) is 0 Å². The molecular weight excluding hydrogens is 300 g/mol. The largest absolute Gasteiger partial charge is 0.481 e. The van der Waals surface area contributed by atoms with Crippen LogP contribution in [0.15, 0.2) is 0 Å². The highest BCUT2D eigenvalue weighted by Gasteiger charge is 2.28. The Bertz CT molecular complexity index is 375. The molecule has 0 rings (SSSR count). The van der Waals surface area contributed by atoms with Crippen molar-refractivity contribution < 1.29 is 24.6 Å². The first-order valence-corrected chi connectivity index (χ1v) is 7.89. The molecule has 0 bridgehead atoms. The van der Waals surface area contributed by atoms with Crippen LogP contribution in [0.3, 0.4) is 0 Å². The van der Waals surface area contributed by atoms with E-state index in [0.717, 1.165) is 19.3 Å². The normalized spacial score (nSPS) is 12.1. The van der Waals surface area contributed by atoms with Crippen LogP contribution in [0.4, 0.5) is 0 Å². The van der Waals surface area contributed by atoms with Gasteiger partial charge in [0.1, 0.15) is 6.04 Å². The molecule has 0 saturated heterocycles. The maximum Gasteiger partial charge on any atom is 0.326 e. The van der Waals surface area contributed by atoms with Crippen molar-refractivity contribution in [2.75, 3.05) is 6.54 Å². The molecule has 1 atom stereocenters. The van der Waals surface area contributed by atoms with Crippen LogP contribution < -0.4 is 11.1 Å². The summed E-state index contributed by atoms with van der Waals surface area (Å²) in [6, 6.07) is -0.804. The topological polar surface area (TPSA) is 130 Å². The molecule has 0 saturated carbocycles. The third-order valence-corrected chi connectivity index (χ3v) is 3.00. The predicted octanol–water partition coefficient (Wildman–Crippen LogP) is 1.85. The van der Waals surface area contributed by atoms with E-state index in [9.17, 15) is 14.4 Å². The van der Waals surface area contributed by atoms with Gasteiger partial charge in [-0.15, -0.1) is 0 Å². The molecule has 0 fully saturated rings. The second kappa shape index (κ2) is 11.9. The molecule has 0 aliphatic heterocycles. The van der Waals surface area contributed by atoms with Crippen molar-refractivity contribution in [1.29, 1.82) is 0 Å². The lowest BCUT2D eigenvalue weighted by atomic mass is 9.94. The summed E-state index contributed by atoms with van der Waals surface area (Å²) < 4.78 is 0. The van der Waals surface area contributed by atoms with Crippen molar-refractivity contribution in [3.63, 3.8) is 0 Å². The fraction of sp³-hybridized carbons (Fsp3) is 0.812. The van der Waals surface area contributed by atoms with Gasteiger partial charge in [0.2, 0.25) is 5.91 Å². The van der Waals surface area contributed by atoms with E-state index in [1.807, 2.05) is 0 Å². The van der Waals surface area contributed by atoms with Crippen LogP contribution >= 0.6 is 0 Å². The molecule has 0 aromatic heterocycles. The van der Waals surface area contributed by atoms with Crippen molar-refractivity contribution in [2.45, 2.75) is 66.3 Å². The van der Waals surface area contributed by atoms with Gasteiger partial charge < -0.3 is 21.3 Å². The van der Waals surface area contributed by atoms with Gasteiger partial charge in [-0.2, -0.15) is 0 Å². The molecule has 0 unspecified atom stereocenters. The number of unbranched alkanes of at least 4 members (excludes halogenated alkanes) is 2. The Morgan fingerprint density at radius 2 is 1.57 bits per heavy atom. The van der Waals surface area contributed by atoms with E-state index in [-0.39, 0.29) is 18.2 Å². The summed E-state index contributed by atoms with van der Waals surface area (Å²) in [4.78, 5) is 32.2. The molecule has 7 nitrogen and oxygen atoms in total. The van der Waals surface area contributed by atoms with Gasteiger partial charge in [-0.1, -0.05) is 41.0 Å². The number of carbonyl (C=O) groups is 3. The molecule has 0 aliphatic carbocycles. The number of hydrogen-bond donors (Lipinski definition) is 4. The average molecular weight is 332 g/mol. The average Bonchev–Trinajstić information content (AvgIpc) is 2.39. The summed E-state index contributed by atoms with van der Waals surface area (Å²) in [5, 5.41) is 19.5. The summed E-state index contributed by atoms with van der Waals surface area (Å²) in [6.45, 7) is 9.45. The van der Waals surface area contributed by atoms with Crippen LogP contribution in [0.5, 0.6) is 0 Å². The van der Waals surface area contributed by atoms with Crippen molar-refractivity contribution in [1.82, 2.24) is 5.32 Å². The first-order valence-electron chi connectivity index (χ1n) is 7.89. The molecule has 0 heterocycles. The monoisotopic (exact) mass is 332 g/mol. The van der Waals surface area contributed by atoms with Crippen molar-refractivity contribution in [2.24, 2.45) is 17.1 Å². The second-order valence-electron chi connectivity index (χ2n) is 6.78. The number of rotatable bonds is 8. The smallest absolute Gasteiger partial charge is 0.326 e. The number of carboxylic acid groups (broad SMARTS) is 2. The number of carboxylic acids is 2. The Morgan fingerprint density at radius 1 is 1.04 bits per heavy atom. The van der Waals surface area contributed by atoms with Crippen LogP contribution in [-0.2, 0) is 14.4 Å². The Labute approximate surface area is 138 Å². The van der Waals surface area contributed by atoms with E-state index < -0.39 is 23.4 Å². The minimum atomic E-state index is -0.988. The summed E-state index contributed by atoms with van der Waals surface area (Å²) in [5.74, 6) is -2.05. The fourth-order valence-corrected chi connectivity index (χ4v) is 1.47. The first kappa shape index (κ1) is 23.6. The predicted molar refractivity (Wildman–Crippen MR) is 89.0 cm³/mol. The molecule has 7 heteroatoms. The second-order valence-corrected chi connectivity index (χ2v) is 6.78. The van der Waals surface area contributed by atoms with Gasteiger partial charge in [-0.25, -0.2) is 4.79 Å². The van der Waals surface area contributed by atoms with E-state index in [1.165, 1.54) is 0 Å². The molecule has 0 aromatic carbocycles. The van der Waals surface area contributed by atoms with Gasteiger partial charge in [0, 0.05) is 11.8 Å². The van der Waals surface area contributed by atoms with Gasteiger partial charge in [0.15, 0.2) is 0 Å². The Hall–Kier alpha value is -1.63. The number of amides is 1. The minimum absolute atomic E-state index is 0.112. The standard InChI is InChI=1S/C10H19NO3.C6H13NO2/c1-6(2)7(8(12)13)11-9(14)10(3,4)5;7-5-3-1-2-4-6(8)9/h6-7H,1-5H3,(H,11,14)(H,12,13);1-5,7H2,(H,8,9)/t7-;/m0./s1. The van der Waals surface area contributed by atoms with Gasteiger partial charge in [0.25, 0.3) is 0 Å². The lowest BCUT2D eigenvalue weighted by Crippen LogP contribution is -2.48. The molecular formula is C16H32N2O5. The molecule has 5 N–H and O–H groups in total. The zero-order valence-corrected chi connectivity index (χ0v) is 14.9. The minimum Gasteiger partial charge on any atom is -0.481 e. The quantitative estimate of drug-likeness (QED) is 0.502. The lowest BCUT2D eigenvalue weighted by molar-refractivity contribution is -0.144. The Morgan fingerprint density at radius 3 is 1.87 bits per heavy atom. The molecule has 1 amide bonds. The lowest BCUT2D eigenvalue weighted by Gasteiger charge is -2.23. The van der Waals surface area contributed by atoms with E-state index >= 15 is 0 Å². The van der Waals surface area contributed by atoms with Crippen molar-refractivity contribution >= 4 is 17.8 Å². The van der Waals surface area contributed by atoms with Crippen LogP contribution in [0.2, 0.25) is 0 Å². The fourth-order valence-electron chi connectivity index (χ4n) is 1.47. The van der Waals surface area contributed by atoms with Crippen molar-refractivity contribution in [3.8, 4) is 0 Å². The third kappa shape index (κ3) is 13.7. The number of nitrogens with one attached hydrogen (secondary N) is 1. The molecule has 0 radical (unpaired) electrons. The Kier molecular flexibility index (Phi) is 12.2. The van der Waals surface area contributed by atoms with E-state index in [4.69, 9.17) is 15.9 Å². The number of aliphatic carboxylic acids is 2. The number of carbonyl (C=O) groups excluding carboxylic acids is 1. The SMILES string of the molecule is CC(C)[C@H](NC(=O)C(C)(C)C)C(=O)O.NCCCCCC(=O)O. The first-order chi connectivity index (χ1) is 10.4. The molecule has 0 aromatic rings. The number of hydrogen-bond acceptors (Lipinski definition) is 4. The summed E-state index contributed by atoms with van der Waals surface area (Å²) >= 11 is 0. The van der Waals surface area contributed by atoms with Crippen LogP contribution in [0.1, 0.15) is 60.3 Å². The van der Waals surface area contributed by atoms with Gasteiger partial charge >= 0.3 is 11.9 Å². The highest BCUT2D eigenvalue weighted by molar-refractivity contribution is 5.86. The van der Waals surface area contributed by atoms with E-state index in [0.29, 0.717) is 6.54 Å². The molecule has 0 spiro atoms. The third-order valence-electron chi connectivity index (χ3n) is 3.00. The van der Waals surface area contributed by atoms with Gasteiger partial charge in [0.05, 0.1) is 0 Å². The maximum absolute atomic E-state index is 11.5. The Balaban J connectivity index is 0. The van der Waals surface area contributed by atoms with E-state index in [1.54, 1.807) is 34.6 Å². The van der Waals surface area contributed by atoms with Crippen LogP contribution in [0.25, 0.3) is 0 Å². The highest BCUT2D eigenvalue weighted by Crippen LogP contribution is 2.14. The zero-order chi connectivity index (χ0) is 18.6. The summed E-state index contributed by atoms with van der Waals surface area (Å²) in [5.41, 5.74) is 4.64. The maximum atomic E-state index is 11.5. The summed E-state index contributed by atoms with van der Waals surface area (Å²) in [6.07, 6.45) is 2.91. The van der Waals surface area contributed by atoms with Gasteiger partial charge in [-0.3, -0.25) is 9.59 Å². The molecule has 136 valence electrons. The van der Waals surface area contributed by atoms with E-state index in [2.05, 4.69) is 5.32 Å². The van der Waals surface area contributed by atoms with Crippen LogP contribution in [-0.4, -0.2) is 40.6 Å². The van der Waals surface area contributed by atoms with Crippen LogP contribution in [0, 0.1) is 11.3 Å². The highest BCUT2D eigenvalue weighted by atomic mass is 16.4. The number of nitrogens with two attached hydrogens (primary N) is 1.